The van der Waals surface area contributed by atoms with Crippen molar-refractivity contribution in [1.82, 2.24) is 4.90 Å². The van der Waals surface area contributed by atoms with Gasteiger partial charge in [0, 0.05) is 25.4 Å². The molecule has 0 aliphatic heterocycles. The molecule has 0 saturated carbocycles. The minimum Gasteiger partial charge on any atom is -0.324 e. The molecule has 0 spiro atoms. The molecular formula is C10H20N2O2S. The van der Waals surface area contributed by atoms with E-state index in [4.69, 9.17) is 5.73 Å². The second kappa shape index (κ2) is 5.09. The predicted molar refractivity (Wildman–Crippen MR) is 62.4 cm³/mol. The lowest BCUT2D eigenvalue weighted by atomic mass is 10.1. The summed E-state index contributed by atoms with van der Waals surface area (Å²) in [5.41, 5.74) is 5.74. The van der Waals surface area contributed by atoms with E-state index in [-0.39, 0.29) is 11.8 Å². The fourth-order valence-corrected chi connectivity index (χ4v) is 2.40. The van der Waals surface area contributed by atoms with Crippen LogP contribution in [0.3, 0.4) is 0 Å². The van der Waals surface area contributed by atoms with Gasteiger partial charge in [-0.2, -0.15) is 0 Å². The molecule has 1 aliphatic carbocycles. The van der Waals surface area contributed by atoms with Crippen molar-refractivity contribution in [1.29, 1.82) is 0 Å². The summed E-state index contributed by atoms with van der Waals surface area (Å²) < 4.78 is 21.9. The minimum atomic E-state index is -2.85. The first-order valence-electron chi connectivity index (χ1n) is 5.17. The molecule has 0 heterocycles. The molecule has 1 aliphatic rings. The van der Waals surface area contributed by atoms with Crippen molar-refractivity contribution in [3.63, 3.8) is 0 Å². The third-order valence-corrected chi connectivity index (χ3v) is 3.52. The molecule has 4 nitrogen and oxygen atoms in total. The van der Waals surface area contributed by atoms with Crippen molar-refractivity contribution in [2.45, 2.75) is 12.5 Å². The maximum absolute atomic E-state index is 11.0. The Hall–Kier alpha value is -0.390. The standard InChI is InChI=1S/C10H20N2O2S/c1-12(5-6-15(2,13)14)8-9-3-4-10(11)7-9/h3-4,9-10H,5-8,11H2,1-2H3. The summed E-state index contributed by atoms with van der Waals surface area (Å²) in [6.45, 7) is 1.48. The molecule has 2 unspecified atom stereocenters. The Morgan fingerprint density at radius 2 is 2.13 bits per heavy atom. The van der Waals surface area contributed by atoms with E-state index in [1.54, 1.807) is 0 Å². The molecule has 2 N–H and O–H groups in total. The molecule has 5 heteroatoms. The highest BCUT2D eigenvalue weighted by Gasteiger charge is 2.17. The van der Waals surface area contributed by atoms with Crippen LogP contribution in [0.2, 0.25) is 0 Å². The number of hydrogen-bond donors (Lipinski definition) is 1. The third kappa shape index (κ3) is 5.30. The van der Waals surface area contributed by atoms with Crippen LogP contribution in [-0.4, -0.2) is 51.5 Å². The summed E-state index contributed by atoms with van der Waals surface area (Å²) in [7, 11) is -0.901. The van der Waals surface area contributed by atoms with Crippen LogP contribution >= 0.6 is 0 Å². The number of rotatable bonds is 5. The molecule has 0 aromatic carbocycles. The SMILES string of the molecule is CN(CCS(C)(=O)=O)CC1C=CC(N)C1. The largest absolute Gasteiger partial charge is 0.324 e. The minimum absolute atomic E-state index is 0.179. The Labute approximate surface area is 92.1 Å². The van der Waals surface area contributed by atoms with E-state index in [1.807, 2.05) is 18.0 Å². The Kier molecular flexibility index (Phi) is 4.31. The van der Waals surface area contributed by atoms with Gasteiger partial charge in [-0.1, -0.05) is 12.2 Å². The molecule has 0 amide bonds. The molecule has 0 radical (unpaired) electrons. The molecule has 0 fully saturated rings. The monoisotopic (exact) mass is 232 g/mol. The summed E-state index contributed by atoms with van der Waals surface area (Å²) in [4.78, 5) is 2.05. The van der Waals surface area contributed by atoms with Crippen LogP contribution in [0, 0.1) is 5.92 Å². The Bertz CT molecular complexity index is 324. The van der Waals surface area contributed by atoms with Gasteiger partial charge < -0.3 is 10.6 Å². The van der Waals surface area contributed by atoms with Gasteiger partial charge in [0.25, 0.3) is 0 Å². The van der Waals surface area contributed by atoms with Gasteiger partial charge >= 0.3 is 0 Å². The highest BCUT2D eigenvalue weighted by molar-refractivity contribution is 7.90. The van der Waals surface area contributed by atoms with Crippen LogP contribution in [0.1, 0.15) is 6.42 Å². The van der Waals surface area contributed by atoms with Gasteiger partial charge in [-0.15, -0.1) is 0 Å². The van der Waals surface area contributed by atoms with Gasteiger partial charge in [-0.3, -0.25) is 0 Å². The third-order valence-electron chi connectivity index (χ3n) is 2.60. The fraction of sp³-hybridized carbons (Fsp3) is 0.800. The van der Waals surface area contributed by atoms with Gasteiger partial charge in [0.15, 0.2) is 0 Å². The number of nitrogens with two attached hydrogens (primary N) is 1. The van der Waals surface area contributed by atoms with Crippen LogP contribution in [-0.2, 0) is 9.84 Å². The highest BCUT2D eigenvalue weighted by atomic mass is 32.2. The van der Waals surface area contributed by atoms with Crippen molar-refractivity contribution >= 4 is 9.84 Å². The molecule has 0 aromatic heterocycles. The summed E-state index contributed by atoms with van der Waals surface area (Å²) in [6, 6.07) is 0.179. The van der Waals surface area contributed by atoms with E-state index in [2.05, 4.69) is 6.08 Å². The van der Waals surface area contributed by atoms with E-state index in [0.717, 1.165) is 13.0 Å². The zero-order valence-corrected chi connectivity index (χ0v) is 10.2. The van der Waals surface area contributed by atoms with Crippen LogP contribution in [0.4, 0.5) is 0 Å². The van der Waals surface area contributed by atoms with Crippen molar-refractivity contribution < 1.29 is 8.42 Å². The van der Waals surface area contributed by atoms with Crippen LogP contribution in [0.15, 0.2) is 12.2 Å². The first kappa shape index (κ1) is 12.7. The van der Waals surface area contributed by atoms with Crippen molar-refractivity contribution in [3.05, 3.63) is 12.2 Å². The van der Waals surface area contributed by atoms with E-state index < -0.39 is 9.84 Å². The average Bonchev–Trinajstić information content (AvgIpc) is 2.47. The van der Waals surface area contributed by atoms with Crippen molar-refractivity contribution in [2.24, 2.45) is 11.7 Å². The van der Waals surface area contributed by atoms with Gasteiger partial charge in [0.2, 0.25) is 0 Å². The maximum atomic E-state index is 11.0. The van der Waals surface area contributed by atoms with Crippen LogP contribution in [0.5, 0.6) is 0 Å². The maximum Gasteiger partial charge on any atom is 0.148 e. The quantitative estimate of drug-likeness (QED) is 0.671. The Morgan fingerprint density at radius 3 is 2.60 bits per heavy atom. The predicted octanol–water partition coefficient (Wildman–Crippen LogP) is -0.134. The first-order chi connectivity index (χ1) is 6.87. The lowest BCUT2D eigenvalue weighted by Gasteiger charge is -2.19. The highest BCUT2D eigenvalue weighted by Crippen LogP contribution is 2.16. The van der Waals surface area contributed by atoms with Crippen molar-refractivity contribution in [3.8, 4) is 0 Å². The molecule has 0 aromatic rings. The molecule has 88 valence electrons. The Morgan fingerprint density at radius 1 is 1.47 bits per heavy atom. The van der Waals surface area contributed by atoms with Crippen LogP contribution in [0.25, 0.3) is 0 Å². The van der Waals surface area contributed by atoms with Gasteiger partial charge in [0.05, 0.1) is 5.75 Å². The van der Waals surface area contributed by atoms with Gasteiger partial charge in [-0.05, 0) is 19.4 Å². The summed E-state index contributed by atoms with van der Waals surface area (Å²) >= 11 is 0. The molecule has 1 rings (SSSR count). The van der Waals surface area contributed by atoms with E-state index in [9.17, 15) is 8.42 Å². The fourth-order valence-electron chi connectivity index (χ4n) is 1.76. The summed E-state index contributed by atoms with van der Waals surface area (Å²) in [6.07, 6.45) is 6.39. The zero-order valence-electron chi connectivity index (χ0n) is 9.39. The van der Waals surface area contributed by atoms with Gasteiger partial charge in [0.1, 0.15) is 9.84 Å². The van der Waals surface area contributed by atoms with E-state index >= 15 is 0 Å². The van der Waals surface area contributed by atoms with Crippen molar-refractivity contribution in [2.75, 3.05) is 32.1 Å². The van der Waals surface area contributed by atoms with E-state index in [1.165, 1.54) is 6.26 Å². The lowest BCUT2D eigenvalue weighted by Crippen LogP contribution is -2.30. The normalized spacial score (nSPS) is 26.4. The smallest absolute Gasteiger partial charge is 0.148 e. The second-order valence-corrected chi connectivity index (χ2v) is 6.70. The van der Waals surface area contributed by atoms with Crippen LogP contribution < -0.4 is 5.73 Å². The first-order valence-corrected chi connectivity index (χ1v) is 7.23. The number of nitrogens with zero attached hydrogens (tertiary/aromatic N) is 1. The summed E-state index contributed by atoms with van der Waals surface area (Å²) in [5, 5.41) is 0. The Balaban J connectivity index is 2.25. The number of hydrogen-bond acceptors (Lipinski definition) is 4. The molecule has 2 atom stereocenters. The summed E-state index contributed by atoms with van der Waals surface area (Å²) in [5.74, 6) is 0.705. The number of sulfone groups is 1. The van der Waals surface area contributed by atoms with E-state index in [0.29, 0.717) is 12.5 Å². The molecule has 15 heavy (non-hydrogen) atoms. The average molecular weight is 232 g/mol. The topological polar surface area (TPSA) is 63.4 Å². The second-order valence-electron chi connectivity index (χ2n) is 4.44. The zero-order chi connectivity index (χ0) is 11.5. The molecule has 0 bridgehead atoms. The molecule has 0 saturated heterocycles. The molecular weight excluding hydrogens is 212 g/mol. The lowest BCUT2D eigenvalue weighted by molar-refractivity contribution is 0.310. The van der Waals surface area contributed by atoms with Gasteiger partial charge in [-0.25, -0.2) is 8.42 Å².